The predicted molar refractivity (Wildman–Crippen MR) is 83.9 cm³/mol. The van der Waals surface area contributed by atoms with E-state index in [-0.39, 0.29) is 11.8 Å². The summed E-state index contributed by atoms with van der Waals surface area (Å²) in [5, 5.41) is 6.46. The second-order valence-electron chi connectivity index (χ2n) is 5.01. The third kappa shape index (κ3) is 3.05. The maximum Gasteiger partial charge on any atom is 0.248 e. The Morgan fingerprint density at radius 3 is 3.00 bits per heavy atom. The molecule has 6 heteroatoms. The number of hydrogen-bond donors (Lipinski definition) is 2. The predicted octanol–water partition coefficient (Wildman–Crippen LogP) is 2.60. The van der Waals surface area contributed by atoms with Gasteiger partial charge in [-0.3, -0.25) is 9.59 Å². The van der Waals surface area contributed by atoms with Crippen molar-refractivity contribution in [1.82, 2.24) is 10.3 Å². The number of aromatic nitrogens is 1. The molecule has 2 amide bonds. The van der Waals surface area contributed by atoms with Gasteiger partial charge in [-0.25, -0.2) is 4.98 Å². The summed E-state index contributed by atoms with van der Waals surface area (Å²) < 4.78 is 0.877. The molecule has 0 bridgehead atoms. The Morgan fingerprint density at radius 2 is 2.19 bits per heavy atom. The summed E-state index contributed by atoms with van der Waals surface area (Å²) in [4.78, 5) is 27.9. The van der Waals surface area contributed by atoms with Crippen molar-refractivity contribution >= 4 is 44.5 Å². The first-order valence-corrected chi connectivity index (χ1v) is 7.58. The SMILES string of the molecule is O=C1CCC[C@@H](C(=O)Nc2ccc3cccc(Br)c3n2)N1. The first kappa shape index (κ1) is 14.0. The van der Waals surface area contributed by atoms with Gasteiger partial charge in [-0.15, -0.1) is 0 Å². The molecule has 2 aromatic rings. The van der Waals surface area contributed by atoms with E-state index in [2.05, 4.69) is 31.5 Å². The van der Waals surface area contributed by atoms with Crippen LogP contribution in [0, 0.1) is 0 Å². The average molecular weight is 348 g/mol. The van der Waals surface area contributed by atoms with Crippen LogP contribution in [-0.2, 0) is 9.59 Å². The molecule has 0 spiro atoms. The first-order valence-electron chi connectivity index (χ1n) is 6.79. The monoisotopic (exact) mass is 347 g/mol. The van der Waals surface area contributed by atoms with Crippen LogP contribution in [0.3, 0.4) is 0 Å². The van der Waals surface area contributed by atoms with Crippen LogP contribution in [0.4, 0.5) is 5.82 Å². The number of pyridine rings is 1. The van der Waals surface area contributed by atoms with E-state index < -0.39 is 6.04 Å². The molecular weight excluding hydrogens is 334 g/mol. The molecule has 21 heavy (non-hydrogen) atoms. The van der Waals surface area contributed by atoms with E-state index in [4.69, 9.17) is 0 Å². The van der Waals surface area contributed by atoms with Crippen molar-refractivity contribution in [2.24, 2.45) is 0 Å². The van der Waals surface area contributed by atoms with E-state index in [1.807, 2.05) is 24.3 Å². The van der Waals surface area contributed by atoms with E-state index in [1.54, 1.807) is 6.07 Å². The number of hydrogen-bond acceptors (Lipinski definition) is 3. The van der Waals surface area contributed by atoms with Crippen molar-refractivity contribution in [3.8, 4) is 0 Å². The molecule has 1 aliphatic rings. The van der Waals surface area contributed by atoms with E-state index in [9.17, 15) is 9.59 Å². The van der Waals surface area contributed by atoms with Crippen molar-refractivity contribution in [2.45, 2.75) is 25.3 Å². The van der Waals surface area contributed by atoms with E-state index in [1.165, 1.54) is 0 Å². The van der Waals surface area contributed by atoms with Gasteiger partial charge in [0.05, 0.1) is 5.52 Å². The second kappa shape index (κ2) is 5.81. The molecule has 3 rings (SSSR count). The molecule has 5 nitrogen and oxygen atoms in total. The molecule has 1 atom stereocenters. The molecule has 108 valence electrons. The minimum atomic E-state index is -0.469. The Labute approximate surface area is 130 Å². The number of benzene rings is 1. The maximum atomic E-state index is 12.2. The lowest BCUT2D eigenvalue weighted by Crippen LogP contribution is -2.46. The van der Waals surface area contributed by atoms with Gasteiger partial charge in [0.15, 0.2) is 0 Å². The molecule has 1 saturated heterocycles. The van der Waals surface area contributed by atoms with Gasteiger partial charge in [-0.05, 0) is 47.0 Å². The molecular formula is C15H14BrN3O2. The highest BCUT2D eigenvalue weighted by molar-refractivity contribution is 9.10. The van der Waals surface area contributed by atoms with Crippen LogP contribution < -0.4 is 10.6 Å². The second-order valence-corrected chi connectivity index (χ2v) is 5.86. The third-order valence-corrected chi connectivity index (χ3v) is 4.11. The molecule has 0 aliphatic carbocycles. The summed E-state index contributed by atoms with van der Waals surface area (Å²) in [5.74, 6) is 0.191. The van der Waals surface area contributed by atoms with Gasteiger partial charge in [0.25, 0.3) is 0 Å². The van der Waals surface area contributed by atoms with Gasteiger partial charge in [0.1, 0.15) is 11.9 Å². The number of anilines is 1. The fraction of sp³-hybridized carbons (Fsp3) is 0.267. The van der Waals surface area contributed by atoms with Crippen molar-refractivity contribution in [2.75, 3.05) is 5.32 Å². The molecule has 2 N–H and O–H groups in total. The molecule has 0 unspecified atom stereocenters. The van der Waals surface area contributed by atoms with Gasteiger partial charge in [0.2, 0.25) is 11.8 Å². The number of carbonyl (C=O) groups is 2. The van der Waals surface area contributed by atoms with Gasteiger partial charge < -0.3 is 10.6 Å². The molecule has 1 aliphatic heterocycles. The maximum absolute atomic E-state index is 12.2. The van der Waals surface area contributed by atoms with Crippen molar-refractivity contribution in [1.29, 1.82) is 0 Å². The number of rotatable bonds is 2. The number of piperidine rings is 1. The van der Waals surface area contributed by atoms with Crippen LogP contribution in [0.15, 0.2) is 34.8 Å². The lowest BCUT2D eigenvalue weighted by molar-refractivity contribution is -0.128. The zero-order valence-electron chi connectivity index (χ0n) is 11.2. The van der Waals surface area contributed by atoms with Crippen LogP contribution in [0.2, 0.25) is 0 Å². The zero-order chi connectivity index (χ0) is 14.8. The van der Waals surface area contributed by atoms with Crippen LogP contribution in [0.1, 0.15) is 19.3 Å². The highest BCUT2D eigenvalue weighted by Gasteiger charge is 2.24. The molecule has 0 radical (unpaired) electrons. The van der Waals surface area contributed by atoms with Gasteiger partial charge in [-0.2, -0.15) is 0 Å². The smallest absolute Gasteiger partial charge is 0.248 e. The summed E-state index contributed by atoms with van der Waals surface area (Å²) in [6.45, 7) is 0. The molecule has 1 fully saturated rings. The molecule has 2 heterocycles. The number of para-hydroxylation sites is 1. The zero-order valence-corrected chi connectivity index (χ0v) is 12.8. The Balaban J connectivity index is 1.79. The van der Waals surface area contributed by atoms with Crippen LogP contribution in [0.5, 0.6) is 0 Å². The number of halogens is 1. The summed E-state index contributed by atoms with van der Waals surface area (Å²) >= 11 is 3.45. The Kier molecular flexibility index (Phi) is 3.88. The Hall–Kier alpha value is -1.95. The number of carbonyl (C=O) groups excluding carboxylic acids is 2. The minimum absolute atomic E-state index is 0.0735. The quantitative estimate of drug-likeness (QED) is 0.876. The van der Waals surface area contributed by atoms with Crippen LogP contribution >= 0.6 is 15.9 Å². The topological polar surface area (TPSA) is 71.1 Å². The fourth-order valence-electron chi connectivity index (χ4n) is 2.40. The molecule has 1 aromatic heterocycles. The standard InChI is InChI=1S/C15H14BrN3O2/c16-10-4-1-3-9-7-8-12(18-14(9)10)19-15(21)11-5-2-6-13(20)17-11/h1,3-4,7-8,11H,2,5-6H2,(H,17,20)(H,18,19,21)/t11-/m0/s1. The van der Waals surface area contributed by atoms with Gasteiger partial charge in [-0.1, -0.05) is 12.1 Å². The Morgan fingerprint density at radius 1 is 1.33 bits per heavy atom. The number of nitrogens with zero attached hydrogens (tertiary/aromatic N) is 1. The summed E-state index contributed by atoms with van der Waals surface area (Å²) in [6.07, 6.45) is 1.89. The molecule has 1 aromatic carbocycles. The summed E-state index contributed by atoms with van der Waals surface area (Å²) in [7, 11) is 0. The number of nitrogens with one attached hydrogen (secondary N) is 2. The fourth-order valence-corrected chi connectivity index (χ4v) is 2.87. The highest BCUT2D eigenvalue weighted by atomic mass is 79.9. The number of amides is 2. The minimum Gasteiger partial charge on any atom is -0.344 e. The van der Waals surface area contributed by atoms with E-state index in [0.717, 1.165) is 21.8 Å². The van der Waals surface area contributed by atoms with E-state index >= 15 is 0 Å². The van der Waals surface area contributed by atoms with E-state index in [0.29, 0.717) is 18.7 Å². The van der Waals surface area contributed by atoms with Crippen molar-refractivity contribution < 1.29 is 9.59 Å². The normalized spacial score (nSPS) is 18.3. The van der Waals surface area contributed by atoms with Crippen molar-refractivity contribution in [3.63, 3.8) is 0 Å². The van der Waals surface area contributed by atoms with Crippen LogP contribution in [-0.4, -0.2) is 22.8 Å². The summed E-state index contributed by atoms with van der Waals surface area (Å²) in [6, 6.07) is 8.99. The number of fused-ring (bicyclic) bond motifs is 1. The van der Waals surface area contributed by atoms with Crippen LogP contribution in [0.25, 0.3) is 10.9 Å². The van der Waals surface area contributed by atoms with Crippen molar-refractivity contribution in [3.05, 3.63) is 34.8 Å². The lowest BCUT2D eigenvalue weighted by Gasteiger charge is -2.22. The lowest BCUT2D eigenvalue weighted by atomic mass is 10.0. The molecule has 0 saturated carbocycles. The highest BCUT2D eigenvalue weighted by Crippen LogP contribution is 2.23. The van der Waals surface area contributed by atoms with Gasteiger partial charge in [0, 0.05) is 16.3 Å². The first-order chi connectivity index (χ1) is 10.1. The largest absolute Gasteiger partial charge is 0.344 e. The third-order valence-electron chi connectivity index (χ3n) is 3.47. The summed E-state index contributed by atoms with van der Waals surface area (Å²) in [5.41, 5.74) is 0.794. The average Bonchev–Trinajstić information content (AvgIpc) is 2.48. The Bertz CT molecular complexity index is 717. The van der Waals surface area contributed by atoms with Gasteiger partial charge >= 0.3 is 0 Å².